The van der Waals surface area contributed by atoms with E-state index >= 15 is 0 Å². The van der Waals surface area contributed by atoms with E-state index in [1.165, 1.54) is 0 Å². The second-order valence-corrected chi connectivity index (χ2v) is 8.26. The number of amides is 1. The highest BCUT2D eigenvalue weighted by atomic mass is 35.5. The Kier molecular flexibility index (Phi) is 6.06. The van der Waals surface area contributed by atoms with Crippen molar-refractivity contribution in [2.75, 3.05) is 18.8 Å². The second kappa shape index (κ2) is 7.43. The van der Waals surface area contributed by atoms with Gasteiger partial charge in [-0.2, -0.15) is 0 Å². The van der Waals surface area contributed by atoms with Crippen molar-refractivity contribution < 1.29 is 4.79 Å². The molecule has 1 unspecified atom stereocenters. The zero-order valence-electron chi connectivity index (χ0n) is 12.9. The Hall–Kier alpha value is -0.420. The quantitative estimate of drug-likeness (QED) is 0.887. The van der Waals surface area contributed by atoms with Gasteiger partial charge in [0, 0.05) is 34.9 Å². The Balaban J connectivity index is 1.83. The molecule has 6 heteroatoms. The van der Waals surface area contributed by atoms with Crippen LogP contribution in [0.3, 0.4) is 0 Å². The van der Waals surface area contributed by atoms with Crippen molar-refractivity contribution in [3.8, 4) is 0 Å². The molecule has 1 amide bonds. The largest absolute Gasteiger partial charge is 0.341 e. The van der Waals surface area contributed by atoms with Crippen molar-refractivity contribution in [1.29, 1.82) is 0 Å². The van der Waals surface area contributed by atoms with Crippen LogP contribution >= 0.6 is 35.0 Å². The molecule has 1 heterocycles. The summed E-state index contributed by atoms with van der Waals surface area (Å²) in [5.74, 6) is 1.35. The molecular weight excluding hydrogens is 339 g/mol. The number of piperidine rings is 1. The van der Waals surface area contributed by atoms with Gasteiger partial charge in [0.05, 0.1) is 5.75 Å². The van der Waals surface area contributed by atoms with E-state index in [9.17, 15) is 4.79 Å². The summed E-state index contributed by atoms with van der Waals surface area (Å²) in [6.07, 6.45) is 0.867. The van der Waals surface area contributed by atoms with Crippen LogP contribution < -0.4 is 5.73 Å². The van der Waals surface area contributed by atoms with Crippen molar-refractivity contribution in [2.45, 2.75) is 32.1 Å². The van der Waals surface area contributed by atoms with Crippen molar-refractivity contribution >= 4 is 40.9 Å². The van der Waals surface area contributed by atoms with Crippen LogP contribution in [0.4, 0.5) is 0 Å². The average molecular weight is 361 g/mol. The monoisotopic (exact) mass is 360 g/mol. The van der Waals surface area contributed by atoms with Gasteiger partial charge in [-0.1, -0.05) is 43.1 Å². The average Bonchev–Trinajstić information content (AvgIpc) is 2.44. The molecule has 122 valence electrons. The third-order valence-corrected chi connectivity index (χ3v) is 5.72. The lowest BCUT2D eigenvalue weighted by atomic mass is 9.80. The van der Waals surface area contributed by atoms with Gasteiger partial charge >= 0.3 is 0 Å². The smallest absolute Gasteiger partial charge is 0.232 e. The predicted octanol–water partition coefficient (Wildman–Crippen LogP) is 3.81. The molecule has 1 aromatic rings. The molecule has 0 spiro atoms. The highest BCUT2D eigenvalue weighted by molar-refractivity contribution is 7.99. The highest BCUT2D eigenvalue weighted by Crippen LogP contribution is 2.29. The summed E-state index contributed by atoms with van der Waals surface area (Å²) in [6, 6.07) is 5.62. The van der Waals surface area contributed by atoms with Crippen molar-refractivity contribution in [3.63, 3.8) is 0 Å². The second-order valence-electron chi connectivity index (χ2n) is 6.43. The van der Waals surface area contributed by atoms with Crippen LogP contribution in [-0.2, 0) is 10.5 Å². The molecule has 1 saturated heterocycles. The maximum Gasteiger partial charge on any atom is 0.232 e. The molecule has 2 rings (SSSR count). The number of benzene rings is 1. The first-order chi connectivity index (χ1) is 10.3. The van der Waals surface area contributed by atoms with Crippen molar-refractivity contribution in [2.24, 2.45) is 11.1 Å². The lowest BCUT2D eigenvalue weighted by Crippen LogP contribution is -2.54. The minimum atomic E-state index is -0.0158. The Bertz CT molecular complexity index is 551. The Morgan fingerprint density at radius 1 is 1.45 bits per heavy atom. The Labute approximate surface area is 146 Å². The first-order valence-electron chi connectivity index (χ1n) is 7.34. The van der Waals surface area contributed by atoms with Gasteiger partial charge in [-0.25, -0.2) is 0 Å². The maximum atomic E-state index is 12.3. The number of halogens is 2. The molecule has 1 atom stereocenters. The summed E-state index contributed by atoms with van der Waals surface area (Å²) in [5, 5.41) is 1.28. The molecule has 2 N–H and O–H groups in total. The van der Waals surface area contributed by atoms with E-state index in [0.29, 0.717) is 21.6 Å². The van der Waals surface area contributed by atoms with Crippen LogP contribution in [0.2, 0.25) is 10.0 Å². The number of nitrogens with zero attached hydrogens (tertiary/aromatic N) is 1. The molecule has 1 aliphatic heterocycles. The molecular formula is C16H22Cl2N2OS. The summed E-state index contributed by atoms with van der Waals surface area (Å²) < 4.78 is 0. The number of hydrogen-bond donors (Lipinski definition) is 1. The fraction of sp³-hybridized carbons (Fsp3) is 0.562. The van der Waals surface area contributed by atoms with Crippen molar-refractivity contribution in [3.05, 3.63) is 33.8 Å². The van der Waals surface area contributed by atoms with E-state index in [1.807, 2.05) is 17.0 Å². The zero-order chi connectivity index (χ0) is 16.3. The fourth-order valence-corrected chi connectivity index (χ4v) is 4.05. The van der Waals surface area contributed by atoms with Gasteiger partial charge in [-0.15, -0.1) is 11.8 Å². The van der Waals surface area contributed by atoms with Crippen LogP contribution in [0.5, 0.6) is 0 Å². The molecule has 3 nitrogen and oxygen atoms in total. The van der Waals surface area contributed by atoms with E-state index < -0.39 is 0 Å². The first-order valence-corrected chi connectivity index (χ1v) is 9.26. The first kappa shape index (κ1) is 17.9. The van der Waals surface area contributed by atoms with Crippen LogP contribution in [0, 0.1) is 5.41 Å². The van der Waals surface area contributed by atoms with E-state index in [2.05, 4.69) is 13.8 Å². The number of carbonyl (C=O) groups is 1. The molecule has 1 aliphatic rings. The maximum absolute atomic E-state index is 12.3. The molecule has 0 radical (unpaired) electrons. The third kappa shape index (κ3) is 4.54. The fourth-order valence-electron chi connectivity index (χ4n) is 2.57. The summed E-state index contributed by atoms with van der Waals surface area (Å²) in [6.45, 7) is 5.73. The van der Waals surface area contributed by atoms with Gasteiger partial charge in [-0.3, -0.25) is 4.79 Å². The topological polar surface area (TPSA) is 46.3 Å². The molecule has 0 aliphatic carbocycles. The molecule has 0 saturated carbocycles. The standard InChI is InChI=1S/C16H22Cl2N2OS/c1-16(2)10-20(6-5-14(16)19)15(21)9-22-8-11-3-4-12(17)7-13(11)18/h3-4,7,14H,5-6,8-10,19H2,1-2H3. The molecule has 0 bridgehead atoms. The van der Waals surface area contributed by atoms with E-state index in [1.54, 1.807) is 17.8 Å². The Morgan fingerprint density at radius 2 is 2.18 bits per heavy atom. The van der Waals surface area contributed by atoms with Gasteiger partial charge in [0.2, 0.25) is 5.91 Å². The van der Waals surface area contributed by atoms with Crippen LogP contribution in [-0.4, -0.2) is 35.7 Å². The lowest BCUT2D eigenvalue weighted by Gasteiger charge is -2.42. The third-order valence-electron chi connectivity index (χ3n) is 4.16. The summed E-state index contributed by atoms with van der Waals surface area (Å²) >= 11 is 13.6. The Morgan fingerprint density at radius 3 is 2.82 bits per heavy atom. The predicted molar refractivity (Wildman–Crippen MR) is 95.6 cm³/mol. The highest BCUT2D eigenvalue weighted by Gasteiger charge is 2.35. The molecule has 22 heavy (non-hydrogen) atoms. The summed E-state index contributed by atoms with van der Waals surface area (Å²) in [7, 11) is 0. The number of likely N-dealkylation sites (tertiary alicyclic amines) is 1. The number of nitrogens with two attached hydrogens (primary N) is 1. The van der Waals surface area contributed by atoms with Gasteiger partial charge in [0.25, 0.3) is 0 Å². The lowest BCUT2D eigenvalue weighted by molar-refractivity contribution is -0.131. The number of hydrogen-bond acceptors (Lipinski definition) is 3. The number of rotatable bonds is 4. The van der Waals surface area contributed by atoms with E-state index in [4.69, 9.17) is 28.9 Å². The SMILES string of the molecule is CC1(C)CN(C(=O)CSCc2ccc(Cl)cc2Cl)CCC1N. The molecule has 0 aromatic heterocycles. The van der Waals surface area contributed by atoms with Crippen molar-refractivity contribution in [1.82, 2.24) is 4.90 Å². The van der Waals surface area contributed by atoms with E-state index in [0.717, 1.165) is 25.1 Å². The van der Waals surface area contributed by atoms with E-state index in [-0.39, 0.29) is 17.4 Å². The van der Waals surface area contributed by atoms with Crippen LogP contribution in [0.1, 0.15) is 25.8 Å². The summed E-state index contributed by atoms with van der Waals surface area (Å²) in [5.41, 5.74) is 7.10. The normalized spacial score (nSPS) is 21.0. The molecule has 1 aromatic carbocycles. The summed E-state index contributed by atoms with van der Waals surface area (Å²) in [4.78, 5) is 14.3. The zero-order valence-corrected chi connectivity index (χ0v) is 15.3. The number of thioether (sulfide) groups is 1. The van der Waals surface area contributed by atoms with Gasteiger partial charge in [-0.05, 0) is 29.5 Å². The number of carbonyl (C=O) groups excluding carboxylic acids is 1. The minimum absolute atomic E-state index is 0.0158. The van der Waals surface area contributed by atoms with Gasteiger partial charge in [0.1, 0.15) is 0 Å². The molecule has 1 fully saturated rings. The van der Waals surface area contributed by atoms with Crippen LogP contribution in [0.15, 0.2) is 18.2 Å². The van der Waals surface area contributed by atoms with Crippen LogP contribution in [0.25, 0.3) is 0 Å². The van der Waals surface area contributed by atoms with Gasteiger partial charge < -0.3 is 10.6 Å². The minimum Gasteiger partial charge on any atom is -0.341 e. The van der Waals surface area contributed by atoms with Gasteiger partial charge in [0.15, 0.2) is 0 Å².